The van der Waals surface area contributed by atoms with Crippen LogP contribution in [0.2, 0.25) is 5.02 Å². The fraction of sp³-hybridized carbons (Fsp3) is 0.429. The molecule has 0 amide bonds. The van der Waals surface area contributed by atoms with E-state index in [-0.39, 0.29) is 13.2 Å². The van der Waals surface area contributed by atoms with E-state index >= 15 is 0 Å². The van der Waals surface area contributed by atoms with E-state index in [1.807, 2.05) is 41.2 Å². The highest BCUT2D eigenvalue weighted by molar-refractivity contribution is 14.1. The molecule has 8 nitrogen and oxygen atoms in total. The van der Waals surface area contributed by atoms with Crippen LogP contribution in [0.4, 0.5) is 0 Å². The van der Waals surface area contributed by atoms with Crippen LogP contribution in [0.3, 0.4) is 0 Å². The normalized spacial score (nSPS) is 14.9. The van der Waals surface area contributed by atoms with Crippen molar-refractivity contribution in [3.8, 4) is 28.4 Å². The highest BCUT2D eigenvalue weighted by atomic mass is 127. The molecule has 0 aromatic heterocycles. The first-order valence-electron chi connectivity index (χ1n) is 18.0. The van der Waals surface area contributed by atoms with Crippen LogP contribution in [0.5, 0.6) is 17.2 Å². The molecule has 4 aromatic carbocycles. The summed E-state index contributed by atoms with van der Waals surface area (Å²) in [5.41, 5.74) is 8.95. The molecule has 1 heterocycles. The minimum Gasteiger partial charge on any atom is -0.493 e. The Balaban J connectivity index is 1.29. The van der Waals surface area contributed by atoms with Gasteiger partial charge in [-0.3, -0.25) is 0 Å². The average Bonchev–Trinajstić information content (AvgIpc) is 3.62. The van der Waals surface area contributed by atoms with Crippen LogP contribution in [-0.2, 0) is 22.8 Å². The second-order valence-electron chi connectivity index (χ2n) is 14.1. The standard InChI is InChI=1S/C42H52ClIN2O6/c1-28-13-14-32(19-29(28)2)24-50-40-21-41(38(43)20-34(40)22-45-42(5,26-47)27-48)51-25-33-9-6-10-36(30(33)3)37-11-7-12-39(31(37)4)49-18-8-16-46-17-15-35(23-46)52-44/h6-7,9-14,19-21,35,45,47-48H,8,15-18,22-27H2,1-5H3/t35-/m1/s1. The zero-order valence-corrected chi connectivity index (χ0v) is 33.9. The molecule has 0 aliphatic carbocycles. The molecule has 0 saturated carbocycles. The lowest BCUT2D eigenvalue weighted by Gasteiger charge is -2.27. The molecular formula is C42H52ClIN2O6. The number of rotatable bonds is 18. The Kier molecular flexibility index (Phi) is 14.7. The third-order valence-electron chi connectivity index (χ3n) is 10.1. The number of ether oxygens (including phenoxy) is 3. The highest BCUT2D eigenvalue weighted by Gasteiger charge is 2.24. The summed E-state index contributed by atoms with van der Waals surface area (Å²) >= 11 is 8.83. The fourth-order valence-corrected chi connectivity index (χ4v) is 7.03. The van der Waals surface area contributed by atoms with E-state index in [1.54, 1.807) is 6.92 Å². The quantitative estimate of drug-likeness (QED) is 0.0680. The Labute approximate surface area is 328 Å². The number of nitrogens with one attached hydrogen (secondary N) is 1. The second-order valence-corrected chi connectivity index (χ2v) is 15.1. The number of nitrogens with zero attached hydrogens (tertiary/aromatic N) is 1. The van der Waals surface area contributed by atoms with E-state index in [0.29, 0.717) is 49.0 Å². The summed E-state index contributed by atoms with van der Waals surface area (Å²) in [6, 6.07) is 22.5. The Bertz CT molecular complexity index is 1800. The zero-order valence-electron chi connectivity index (χ0n) is 30.9. The monoisotopic (exact) mass is 842 g/mol. The molecule has 10 heteroatoms. The van der Waals surface area contributed by atoms with Gasteiger partial charge in [0.05, 0.1) is 36.5 Å². The van der Waals surface area contributed by atoms with Crippen LogP contribution >= 0.6 is 34.6 Å². The van der Waals surface area contributed by atoms with Gasteiger partial charge in [-0.05, 0) is 104 Å². The molecule has 5 rings (SSSR count). The first-order chi connectivity index (χ1) is 25.0. The number of aliphatic hydroxyl groups excluding tert-OH is 2. The maximum Gasteiger partial charge on any atom is 0.142 e. The van der Waals surface area contributed by atoms with Gasteiger partial charge in [0.25, 0.3) is 0 Å². The minimum absolute atomic E-state index is 0.221. The number of halogens is 2. The maximum atomic E-state index is 9.83. The van der Waals surface area contributed by atoms with Crippen LogP contribution in [0.1, 0.15) is 58.7 Å². The van der Waals surface area contributed by atoms with E-state index in [0.717, 1.165) is 77.2 Å². The topological polar surface area (TPSA) is 92.7 Å². The van der Waals surface area contributed by atoms with Gasteiger partial charge >= 0.3 is 0 Å². The number of hydrogen-bond donors (Lipinski definition) is 3. The van der Waals surface area contributed by atoms with Crippen LogP contribution in [0, 0.1) is 27.7 Å². The van der Waals surface area contributed by atoms with Crippen molar-refractivity contribution >= 4 is 34.6 Å². The molecule has 1 saturated heterocycles. The summed E-state index contributed by atoms with van der Waals surface area (Å²) in [7, 11) is 0. The molecule has 3 N–H and O–H groups in total. The van der Waals surface area contributed by atoms with Crippen molar-refractivity contribution in [2.75, 3.05) is 39.5 Å². The predicted molar refractivity (Wildman–Crippen MR) is 217 cm³/mol. The fourth-order valence-electron chi connectivity index (χ4n) is 6.38. The molecular weight excluding hydrogens is 791 g/mol. The van der Waals surface area contributed by atoms with Gasteiger partial charge < -0.3 is 37.7 Å². The van der Waals surface area contributed by atoms with Gasteiger partial charge in [0.1, 0.15) is 53.5 Å². The van der Waals surface area contributed by atoms with Gasteiger partial charge in [0.2, 0.25) is 0 Å². The predicted octanol–water partition coefficient (Wildman–Crippen LogP) is 8.44. The number of likely N-dealkylation sites (tertiary alicyclic amines) is 1. The Morgan fingerprint density at radius 3 is 2.27 bits per heavy atom. The highest BCUT2D eigenvalue weighted by Crippen LogP contribution is 2.36. The van der Waals surface area contributed by atoms with Gasteiger partial charge in [0.15, 0.2) is 0 Å². The van der Waals surface area contributed by atoms with Crippen molar-refractivity contribution < 1.29 is 27.5 Å². The number of hydrogen-bond acceptors (Lipinski definition) is 8. The molecule has 1 atom stereocenters. The van der Waals surface area contributed by atoms with E-state index in [1.165, 1.54) is 11.1 Å². The lowest BCUT2D eigenvalue weighted by atomic mass is 9.93. The number of aryl methyl sites for hydroxylation is 2. The largest absolute Gasteiger partial charge is 0.493 e. The molecule has 1 aliphatic heterocycles. The molecule has 0 spiro atoms. The number of benzene rings is 4. The first-order valence-corrected chi connectivity index (χ1v) is 19.2. The van der Waals surface area contributed by atoms with Gasteiger partial charge in [-0.15, -0.1) is 0 Å². The van der Waals surface area contributed by atoms with E-state index in [4.69, 9.17) is 28.9 Å². The van der Waals surface area contributed by atoms with Crippen molar-refractivity contribution in [2.45, 2.75) is 78.9 Å². The van der Waals surface area contributed by atoms with Gasteiger partial charge in [-0.1, -0.05) is 60.1 Å². The van der Waals surface area contributed by atoms with E-state index in [9.17, 15) is 10.2 Å². The smallest absolute Gasteiger partial charge is 0.142 e. The molecule has 52 heavy (non-hydrogen) atoms. The molecule has 0 bridgehead atoms. The lowest BCUT2D eigenvalue weighted by Crippen LogP contribution is -2.48. The van der Waals surface area contributed by atoms with Crippen molar-refractivity contribution in [1.82, 2.24) is 10.2 Å². The van der Waals surface area contributed by atoms with Crippen molar-refractivity contribution in [2.24, 2.45) is 0 Å². The van der Waals surface area contributed by atoms with Crippen molar-refractivity contribution in [3.63, 3.8) is 0 Å². The van der Waals surface area contributed by atoms with Gasteiger partial charge in [0, 0.05) is 37.8 Å². The van der Waals surface area contributed by atoms with Crippen LogP contribution in [-0.4, -0.2) is 66.2 Å². The summed E-state index contributed by atoms with van der Waals surface area (Å²) in [5, 5.41) is 23.4. The van der Waals surface area contributed by atoms with E-state index < -0.39 is 5.54 Å². The molecule has 0 radical (unpaired) electrons. The summed E-state index contributed by atoms with van der Waals surface area (Å²) in [4.78, 5) is 2.44. The molecule has 0 unspecified atom stereocenters. The summed E-state index contributed by atoms with van der Waals surface area (Å²) < 4.78 is 24.5. The number of aliphatic hydroxyl groups is 2. The zero-order chi connectivity index (χ0) is 37.3. The third-order valence-corrected chi connectivity index (χ3v) is 11.1. The minimum atomic E-state index is -0.860. The van der Waals surface area contributed by atoms with Crippen LogP contribution < -0.4 is 19.5 Å². The summed E-state index contributed by atoms with van der Waals surface area (Å²) in [6.45, 7) is 14.5. The van der Waals surface area contributed by atoms with Crippen LogP contribution in [0.15, 0.2) is 66.7 Å². The molecule has 1 fully saturated rings. The average molecular weight is 843 g/mol. The molecule has 4 aromatic rings. The van der Waals surface area contributed by atoms with Gasteiger partial charge in [-0.25, -0.2) is 0 Å². The maximum absolute atomic E-state index is 9.83. The van der Waals surface area contributed by atoms with Crippen molar-refractivity contribution in [3.05, 3.63) is 111 Å². The second kappa shape index (κ2) is 18.9. The summed E-state index contributed by atoms with van der Waals surface area (Å²) in [6.07, 6.45) is 2.39. The van der Waals surface area contributed by atoms with Crippen LogP contribution in [0.25, 0.3) is 11.1 Å². The third kappa shape index (κ3) is 10.4. The Hall–Kier alpha value is -2.90. The van der Waals surface area contributed by atoms with E-state index in [2.05, 4.69) is 86.4 Å². The SMILES string of the molecule is Cc1ccc(COc2cc(OCc3cccc(-c4cccc(OCCCN5CC[C@@H](OI)C5)c4C)c3C)c(Cl)cc2CNC(C)(CO)CO)cc1C. The molecule has 280 valence electrons. The first kappa shape index (κ1) is 40.3. The Morgan fingerprint density at radius 2 is 1.56 bits per heavy atom. The van der Waals surface area contributed by atoms with Crippen molar-refractivity contribution in [1.29, 1.82) is 0 Å². The lowest BCUT2D eigenvalue weighted by molar-refractivity contribution is 0.103. The molecule has 1 aliphatic rings. The van der Waals surface area contributed by atoms with Gasteiger partial charge in [-0.2, -0.15) is 0 Å². The summed E-state index contributed by atoms with van der Waals surface area (Å²) in [5.74, 6) is 2.03. The Morgan fingerprint density at radius 1 is 0.827 bits per heavy atom.